The maximum absolute atomic E-state index is 12.3. The SMILES string of the molecule is NC(=O)C1CCN(C2=NC(=O)C(=Cc3ccc(-c4cccc(Cl)c4Cl)o3)S2)CC1. The van der Waals surface area contributed by atoms with Crippen molar-refractivity contribution in [1.82, 2.24) is 4.90 Å². The highest BCUT2D eigenvalue weighted by Gasteiger charge is 2.30. The average molecular weight is 450 g/mol. The highest BCUT2D eigenvalue weighted by molar-refractivity contribution is 8.18. The Labute approximate surface area is 181 Å². The van der Waals surface area contributed by atoms with Gasteiger partial charge in [0.1, 0.15) is 11.5 Å². The van der Waals surface area contributed by atoms with Gasteiger partial charge in [-0.15, -0.1) is 0 Å². The van der Waals surface area contributed by atoms with Gasteiger partial charge < -0.3 is 15.1 Å². The van der Waals surface area contributed by atoms with Crippen molar-refractivity contribution in [3.63, 3.8) is 0 Å². The van der Waals surface area contributed by atoms with Crippen molar-refractivity contribution < 1.29 is 14.0 Å². The van der Waals surface area contributed by atoms with Gasteiger partial charge in [-0.3, -0.25) is 9.59 Å². The van der Waals surface area contributed by atoms with Crippen molar-refractivity contribution in [2.45, 2.75) is 12.8 Å². The number of nitrogens with zero attached hydrogens (tertiary/aromatic N) is 2. The lowest BCUT2D eigenvalue weighted by Crippen LogP contribution is -2.40. The smallest absolute Gasteiger partial charge is 0.286 e. The van der Waals surface area contributed by atoms with Crippen LogP contribution in [0.4, 0.5) is 0 Å². The quantitative estimate of drug-likeness (QED) is 0.700. The Morgan fingerprint density at radius 1 is 1.24 bits per heavy atom. The van der Waals surface area contributed by atoms with Crippen molar-refractivity contribution in [3.05, 3.63) is 51.0 Å². The fraction of sp³-hybridized carbons (Fsp3) is 0.250. The third-order valence-electron chi connectivity index (χ3n) is 4.89. The molecule has 3 heterocycles. The summed E-state index contributed by atoms with van der Waals surface area (Å²) in [5.74, 6) is 0.408. The number of aliphatic imine (C=N–C) groups is 1. The Balaban J connectivity index is 1.47. The standard InChI is InChI=1S/C20H17Cl2N3O3S/c21-14-3-1-2-13(17(14)22)15-5-4-12(28-15)10-16-19(27)24-20(29-16)25-8-6-11(7-9-25)18(23)26/h1-5,10-11H,6-9H2,(H2,23,26). The molecule has 4 rings (SSSR count). The van der Waals surface area contributed by atoms with Gasteiger partial charge in [0.15, 0.2) is 5.17 Å². The van der Waals surface area contributed by atoms with Crippen molar-refractivity contribution >= 4 is 58.0 Å². The largest absolute Gasteiger partial charge is 0.457 e. The van der Waals surface area contributed by atoms with E-state index < -0.39 is 0 Å². The summed E-state index contributed by atoms with van der Waals surface area (Å²) in [6.45, 7) is 1.30. The van der Waals surface area contributed by atoms with E-state index in [4.69, 9.17) is 33.4 Å². The monoisotopic (exact) mass is 449 g/mol. The molecule has 9 heteroatoms. The number of furan rings is 1. The number of halogens is 2. The topological polar surface area (TPSA) is 88.9 Å². The zero-order chi connectivity index (χ0) is 20.5. The molecule has 1 saturated heterocycles. The lowest BCUT2D eigenvalue weighted by atomic mass is 9.97. The van der Waals surface area contributed by atoms with Crippen LogP contribution in [0.15, 0.2) is 44.6 Å². The summed E-state index contributed by atoms with van der Waals surface area (Å²) in [5.41, 5.74) is 6.06. The third kappa shape index (κ3) is 4.22. The maximum atomic E-state index is 12.3. The second-order valence-electron chi connectivity index (χ2n) is 6.78. The van der Waals surface area contributed by atoms with Gasteiger partial charge in [0.05, 0.1) is 15.0 Å². The first-order valence-corrected chi connectivity index (χ1v) is 10.6. The predicted molar refractivity (Wildman–Crippen MR) is 116 cm³/mol. The van der Waals surface area contributed by atoms with Gasteiger partial charge in [-0.05, 0) is 48.9 Å². The minimum absolute atomic E-state index is 0.108. The van der Waals surface area contributed by atoms with Crippen molar-refractivity contribution in [2.75, 3.05) is 13.1 Å². The van der Waals surface area contributed by atoms with Crippen LogP contribution in [0.3, 0.4) is 0 Å². The summed E-state index contributed by atoms with van der Waals surface area (Å²) in [6.07, 6.45) is 3.01. The van der Waals surface area contributed by atoms with Crippen molar-refractivity contribution in [3.8, 4) is 11.3 Å². The molecule has 2 N–H and O–H groups in total. The van der Waals surface area contributed by atoms with E-state index >= 15 is 0 Å². The number of thioether (sulfide) groups is 1. The second-order valence-corrected chi connectivity index (χ2v) is 8.57. The lowest BCUT2D eigenvalue weighted by Gasteiger charge is -2.31. The number of primary amides is 1. The molecule has 29 heavy (non-hydrogen) atoms. The zero-order valence-corrected chi connectivity index (χ0v) is 17.6. The Morgan fingerprint density at radius 2 is 2.00 bits per heavy atom. The third-order valence-corrected chi connectivity index (χ3v) is 6.76. The van der Waals surface area contributed by atoms with E-state index in [1.54, 1.807) is 30.3 Å². The molecular weight excluding hydrogens is 433 g/mol. The fourth-order valence-electron chi connectivity index (χ4n) is 3.29. The van der Waals surface area contributed by atoms with E-state index in [2.05, 4.69) is 4.99 Å². The Morgan fingerprint density at radius 3 is 2.72 bits per heavy atom. The molecule has 2 amide bonds. The number of nitrogens with two attached hydrogens (primary N) is 1. The Bertz CT molecular complexity index is 1040. The molecule has 0 unspecified atom stereocenters. The number of amidine groups is 1. The van der Waals surface area contributed by atoms with Crippen molar-refractivity contribution in [2.24, 2.45) is 16.6 Å². The number of carbonyl (C=O) groups excluding carboxylic acids is 2. The maximum Gasteiger partial charge on any atom is 0.286 e. The molecule has 0 spiro atoms. The summed E-state index contributed by atoms with van der Waals surface area (Å²) < 4.78 is 5.84. The van der Waals surface area contributed by atoms with Crippen LogP contribution in [0, 0.1) is 5.92 Å². The summed E-state index contributed by atoms with van der Waals surface area (Å²) in [4.78, 5) is 30.3. The lowest BCUT2D eigenvalue weighted by molar-refractivity contribution is -0.123. The second kappa shape index (κ2) is 8.26. The van der Waals surface area contributed by atoms with Crippen LogP contribution in [0.25, 0.3) is 17.4 Å². The van der Waals surface area contributed by atoms with E-state index in [0.29, 0.717) is 63.1 Å². The average Bonchev–Trinajstić information content (AvgIpc) is 3.31. The molecule has 1 aromatic carbocycles. The van der Waals surface area contributed by atoms with Gasteiger partial charge in [0.2, 0.25) is 5.91 Å². The first-order chi connectivity index (χ1) is 13.9. The molecule has 0 aliphatic carbocycles. The predicted octanol–water partition coefficient (Wildman–Crippen LogP) is 4.42. The van der Waals surface area contributed by atoms with E-state index in [9.17, 15) is 9.59 Å². The highest BCUT2D eigenvalue weighted by Crippen LogP contribution is 2.36. The summed E-state index contributed by atoms with van der Waals surface area (Å²) in [6, 6.07) is 8.87. The van der Waals surface area contributed by atoms with Crippen LogP contribution in [0.2, 0.25) is 10.0 Å². The van der Waals surface area contributed by atoms with Crippen LogP contribution in [0.5, 0.6) is 0 Å². The normalized spacial score (nSPS) is 19.1. The summed E-state index contributed by atoms with van der Waals surface area (Å²) >= 11 is 13.6. The Kier molecular flexibility index (Phi) is 5.72. The number of benzene rings is 1. The number of amides is 2. The highest BCUT2D eigenvalue weighted by atomic mass is 35.5. The van der Waals surface area contributed by atoms with Gasteiger partial charge in [-0.2, -0.15) is 4.99 Å². The molecule has 150 valence electrons. The number of hydrogen-bond donors (Lipinski definition) is 1. The van der Waals surface area contributed by atoms with E-state index in [-0.39, 0.29) is 17.7 Å². The van der Waals surface area contributed by atoms with E-state index in [1.807, 2.05) is 11.0 Å². The molecule has 0 saturated carbocycles. The molecule has 2 aromatic rings. The van der Waals surface area contributed by atoms with E-state index in [0.717, 1.165) is 0 Å². The molecule has 0 atom stereocenters. The minimum Gasteiger partial charge on any atom is -0.457 e. The van der Waals surface area contributed by atoms with Gasteiger partial charge in [-0.1, -0.05) is 29.3 Å². The van der Waals surface area contributed by atoms with E-state index in [1.165, 1.54) is 11.8 Å². The summed E-state index contributed by atoms with van der Waals surface area (Å²) in [5, 5.41) is 1.51. The van der Waals surface area contributed by atoms with Crippen LogP contribution < -0.4 is 5.73 Å². The number of piperidine rings is 1. The van der Waals surface area contributed by atoms with Crippen LogP contribution >= 0.6 is 35.0 Å². The first kappa shape index (κ1) is 20.1. The van der Waals surface area contributed by atoms with Crippen molar-refractivity contribution in [1.29, 1.82) is 0 Å². The first-order valence-electron chi connectivity index (χ1n) is 9.03. The minimum atomic E-state index is -0.305. The molecule has 0 bridgehead atoms. The Hall–Kier alpha value is -2.22. The van der Waals surface area contributed by atoms with Crippen LogP contribution in [0.1, 0.15) is 18.6 Å². The van der Waals surface area contributed by atoms with Gasteiger partial charge in [0.25, 0.3) is 5.91 Å². The number of carbonyl (C=O) groups is 2. The molecule has 1 fully saturated rings. The number of rotatable bonds is 3. The molecule has 1 aromatic heterocycles. The molecule has 6 nitrogen and oxygen atoms in total. The zero-order valence-electron chi connectivity index (χ0n) is 15.2. The van der Waals surface area contributed by atoms with Gasteiger partial charge >= 0.3 is 0 Å². The van der Waals surface area contributed by atoms with Crippen LogP contribution in [-0.4, -0.2) is 35.0 Å². The number of likely N-dealkylation sites (tertiary alicyclic amines) is 1. The molecular formula is C20H17Cl2N3O3S. The fourth-order valence-corrected chi connectivity index (χ4v) is 4.63. The molecule has 2 aliphatic heterocycles. The van der Waals surface area contributed by atoms with Crippen LogP contribution in [-0.2, 0) is 9.59 Å². The molecule has 0 radical (unpaired) electrons. The summed E-state index contributed by atoms with van der Waals surface area (Å²) in [7, 11) is 0. The van der Waals surface area contributed by atoms with Gasteiger partial charge in [0, 0.05) is 30.6 Å². The van der Waals surface area contributed by atoms with Gasteiger partial charge in [-0.25, -0.2) is 0 Å². The molecule has 2 aliphatic rings. The number of hydrogen-bond acceptors (Lipinski definition) is 5.